The van der Waals surface area contributed by atoms with E-state index in [4.69, 9.17) is 9.47 Å². The summed E-state index contributed by atoms with van der Waals surface area (Å²) in [6, 6.07) is 6.82. The monoisotopic (exact) mass is 331 g/mol. The Morgan fingerprint density at radius 1 is 1.33 bits per heavy atom. The van der Waals surface area contributed by atoms with Gasteiger partial charge in [-0.05, 0) is 24.6 Å². The first-order valence-corrected chi connectivity index (χ1v) is 7.92. The lowest BCUT2D eigenvalue weighted by atomic mass is 10.0. The lowest BCUT2D eigenvalue weighted by Gasteiger charge is -2.33. The highest BCUT2D eigenvalue weighted by molar-refractivity contribution is 5.95. The highest BCUT2D eigenvalue weighted by Crippen LogP contribution is 2.27. The molecule has 1 fully saturated rings. The van der Waals surface area contributed by atoms with Gasteiger partial charge in [0.15, 0.2) is 0 Å². The molecule has 0 aromatic heterocycles. The van der Waals surface area contributed by atoms with Crippen LogP contribution in [0, 0.1) is 0 Å². The highest BCUT2D eigenvalue weighted by atomic mass is 16.5. The number of methoxy groups -OCH3 is 1. The van der Waals surface area contributed by atoms with Gasteiger partial charge in [0.1, 0.15) is 11.8 Å². The number of carbonyl (C=O) groups is 2. The maximum absolute atomic E-state index is 12.3. The first-order chi connectivity index (χ1) is 11.6. The highest BCUT2D eigenvalue weighted by Gasteiger charge is 2.45. The molecule has 7 heteroatoms. The molecule has 0 radical (unpaired) electrons. The number of rotatable bonds is 5. The van der Waals surface area contributed by atoms with E-state index >= 15 is 0 Å². The summed E-state index contributed by atoms with van der Waals surface area (Å²) in [5, 5.41) is 5.95. The fourth-order valence-electron chi connectivity index (χ4n) is 3.06. The van der Waals surface area contributed by atoms with E-state index in [0.717, 1.165) is 11.3 Å². The molecule has 2 heterocycles. The van der Waals surface area contributed by atoms with Gasteiger partial charge < -0.3 is 19.7 Å². The first-order valence-electron chi connectivity index (χ1n) is 7.92. The zero-order valence-corrected chi connectivity index (χ0v) is 13.7. The summed E-state index contributed by atoms with van der Waals surface area (Å²) in [7, 11) is 1.62. The molecule has 0 aliphatic carbocycles. The van der Waals surface area contributed by atoms with Crippen molar-refractivity contribution in [3.8, 4) is 5.75 Å². The molecule has 1 aromatic carbocycles. The van der Waals surface area contributed by atoms with Gasteiger partial charge in [-0.2, -0.15) is 0 Å². The Morgan fingerprint density at radius 3 is 2.75 bits per heavy atom. The quantitative estimate of drug-likeness (QED) is 0.759. The number of esters is 1. The Balaban J connectivity index is 1.83. The van der Waals surface area contributed by atoms with E-state index in [2.05, 4.69) is 10.6 Å². The molecule has 1 amide bonds. The summed E-state index contributed by atoms with van der Waals surface area (Å²) >= 11 is 0. The van der Waals surface area contributed by atoms with Gasteiger partial charge in [-0.15, -0.1) is 0 Å². The molecule has 1 aromatic rings. The van der Waals surface area contributed by atoms with E-state index in [9.17, 15) is 9.59 Å². The molecule has 2 aliphatic heterocycles. The summed E-state index contributed by atoms with van der Waals surface area (Å²) in [6.07, 6.45) is 1.73. The number of nitrogens with zero attached hydrogens (tertiary/aromatic N) is 1. The number of carbonyl (C=O) groups excluding carboxylic acids is 2. The molecule has 0 bridgehead atoms. The Hall–Kier alpha value is -2.54. The van der Waals surface area contributed by atoms with Gasteiger partial charge in [0.25, 0.3) is 0 Å². The maximum Gasteiger partial charge on any atom is 0.337 e. The van der Waals surface area contributed by atoms with Crippen molar-refractivity contribution in [1.82, 2.24) is 15.5 Å². The lowest BCUT2D eigenvalue weighted by molar-refractivity contribution is -0.139. The molecule has 2 unspecified atom stereocenters. The van der Waals surface area contributed by atoms with Crippen LogP contribution in [0.2, 0.25) is 0 Å². The summed E-state index contributed by atoms with van der Waals surface area (Å²) in [5.41, 5.74) is 1.51. The van der Waals surface area contributed by atoms with Crippen molar-refractivity contribution < 1.29 is 19.1 Å². The smallest absolute Gasteiger partial charge is 0.337 e. The molecule has 1 saturated heterocycles. The van der Waals surface area contributed by atoms with E-state index < -0.39 is 6.04 Å². The van der Waals surface area contributed by atoms with Crippen molar-refractivity contribution in [2.45, 2.75) is 25.6 Å². The van der Waals surface area contributed by atoms with Gasteiger partial charge in [-0.3, -0.25) is 10.1 Å². The maximum atomic E-state index is 12.3. The summed E-state index contributed by atoms with van der Waals surface area (Å²) < 4.78 is 10.3. The third-order valence-electron chi connectivity index (χ3n) is 4.20. The fourth-order valence-corrected chi connectivity index (χ4v) is 3.06. The van der Waals surface area contributed by atoms with Crippen molar-refractivity contribution in [1.29, 1.82) is 0 Å². The van der Waals surface area contributed by atoms with E-state index in [1.165, 1.54) is 0 Å². The molecule has 0 saturated carbocycles. The summed E-state index contributed by atoms with van der Waals surface area (Å²) in [5.74, 6) is 0.299. The van der Waals surface area contributed by atoms with Gasteiger partial charge >= 0.3 is 5.97 Å². The minimum Gasteiger partial charge on any atom is -0.497 e. The molecule has 7 nitrogen and oxygen atoms in total. The predicted octanol–water partition coefficient (Wildman–Crippen LogP) is 0.372. The third-order valence-corrected chi connectivity index (χ3v) is 4.20. The average Bonchev–Trinajstić information content (AvgIpc) is 2.96. The van der Waals surface area contributed by atoms with Gasteiger partial charge in [-0.25, -0.2) is 4.79 Å². The molecular formula is C17H21N3O4. The van der Waals surface area contributed by atoms with Crippen molar-refractivity contribution >= 4 is 11.9 Å². The standard InChI is InChI=1S/C17H21N3O4/c1-3-24-17(22)13-9-20(15-14(13)18-10-19-16(15)21)8-11-4-6-12(23-2)7-5-11/h4-7,9,14-15,18H,3,8,10H2,1-2H3,(H,19,21). The molecular weight excluding hydrogens is 310 g/mol. The van der Waals surface area contributed by atoms with Crippen LogP contribution in [0.15, 0.2) is 36.0 Å². The second kappa shape index (κ2) is 6.92. The summed E-state index contributed by atoms with van der Waals surface area (Å²) in [6.45, 7) is 2.93. The van der Waals surface area contributed by atoms with Crippen LogP contribution in [0.4, 0.5) is 0 Å². The van der Waals surface area contributed by atoms with Crippen molar-refractivity contribution in [2.75, 3.05) is 20.4 Å². The zero-order valence-electron chi connectivity index (χ0n) is 13.7. The van der Waals surface area contributed by atoms with Crippen LogP contribution < -0.4 is 15.4 Å². The minimum atomic E-state index is -0.458. The molecule has 0 spiro atoms. The van der Waals surface area contributed by atoms with Crippen LogP contribution in [0.3, 0.4) is 0 Å². The molecule has 2 atom stereocenters. The second-order valence-corrected chi connectivity index (χ2v) is 5.67. The second-order valence-electron chi connectivity index (χ2n) is 5.67. The van der Waals surface area contributed by atoms with Crippen LogP contribution in [0.1, 0.15) is 12.5 Å². The Labute approximate surface area is 140 Å². The predicted molar refractivity (Wildman–Crippen MR) is 87.0 cm³/mol. The van der Waals surface area contributed by atoms with Gasteiger partial charge in [0.2, 0.25) is 5.91 Å². The topological polar surface area (TPSA) is 79.9 Å². The number of benzene rings is 1. The summed E-state index contributed by atoms with van der Waals surface area (Å²) in [4.78, 5) is 26.4. The van der Waals surface area contributed by atoms with Crippen LogP contribution >= 0.6 is 0 Å². The Bertz CT molecular complexity index is 656. The number of amides is 1. The average molecular weight is 331 g/mol. The van der Waals surface area contributed by atoms with Gasteiger partial charge in [0, 0.05) is 12.7 Å². The largest absolute Gasteiger partial charge is 0.497 e. The normalized spacial score (nSPS) is 22.5. The number of hydrogen-bond donors (Lipinski definition) is 2. The van der Waals surface area contributed by atoms with Crippen molar-refractivity contribution in [3.05, 3.63) is 41.6 Å². The fraction of sp³-hybridized carbons (Fsp3) is 0.412. The third kappa shape index (κ3) is 3.07. The number of fused-ring (bicyclic) bond motifs is 1. The minimum absolute atomic E-state index is 0.0946. The number of hydrogen-bond acceptors (Lipinski definition) is 6. The number of ether oxygens (including phenoxy) is 2. The van der Waals surface area contributed by atoms with Crippen molar-refractivity contribution in [2.24, 2.45) is 0 Å². The van der Waals surface area contributed by atoms with Gasteiger partial charge in [-0.1, -0.05) is 12.1 Å². The molecule has 128 valence electrons. The van der Waals surface area contributed by atoms with Crippen LogP contribution in [-0.4, -0.2) is 49.2 Å². The van der Waals surface area contributed by atoms with Crippen LogP contribution in [0.5, 0.6) is 5.75 Å². The molecule has 24 heavy (non-hydrogen) atoms. The SMILES string of the molecule is CCOC(=O)C1=CN(Cc2ccc(OC)cc2)C2C(=O)NCNC12. The first kappa shape index (κ1) is 16.3. The Kier molecular flexibility index (Phi) is 4.71. The molecule has 3 rings (SSSR count). The van der Waals surface area contributed by atoms with Crippen LogP contribution in [0.25, 0.3) is 0 Å². The van der Waals surface area contributed by atoms with E-state index in [0.29, 0.717) is 25.4 Å². The van der Waals surface area contributed by atoms with Crippen LogP contribution in [-0.2, 0) is 20.9 Å². The van der Waals surface area contributed by atoms with E-state index in [1.807, 2.05) is 29.2 Å². The van der Waals surface area contributed by atoms with Gasteiger partial charge in [0.05, 0.1) is 32.0 Å². The lowest BCUT2D eigenvalue weighted by Crippen LogP contribution is -2.61. The molecule has 2 aliphatic rings. The van der Waals surface area contributed by atoms with E-state index in [-0.39, 0.29) is 17.9 Å². The zero-order chi connectivity index (χ0) is 17.1. The van der Waals surface area contributed by atoms with Crippen molar-refractivity contribution in [3.63, 3.8) is 0 Å². The molecule has 2 N–H and O–H groups in total. The Morgan fingerprint density at radius 2 is 2.08 bits per heavy atom. The number of nitrogens with one attached hydrogen (secondary N) is 2. The van der Waals surface area contributed by atoms with E-state index in [1.54, 1.807) is 20.2 Å².